The van der Waals surface area contributed by atoms with Crippen molar-refractivity contribution in [1.29, 1.82) is 0 Å². The van der Waals surface area contributed by atoms with E-state index in [1.165, 1.54) is 0 Å². The fourth-order valence-electron chi connectivity index (χ4n) is 1.59. The maximum absolute atomic E-state index is 9.96. The van der Waals surface area contributed by atoms with Gasteiger partial charge >= 0.3 is 0 Å². The van der Waals surface area contributed by atoms with Crippen molar-refractivity contribution in [3.05, 3.63) is 29.8 Å². The van der Waals surface area contributed by atoms with E-state index in [-0.39, 0.29) is 6.10 Å². The van der Waals surface area contributed by atoms with Gasteiger partial charge in [0.1, 0.15) is 5.75 Å². The Bertz CT molecular complexity index is 298. The number of thioether (sulfide) groups is 1. The van der Waals surface area contributed by atoms with Crippen molar-refractivity contribution < 1.29 is 9.84 Å². The predicted octanol–water partition coefficient (Wildman–Crippen LogP) is 3.65. The fraction of sp³-hybridized carbons (Fsp3) is 0.571. The molecule has 0 heterocycles. The first kappa shape index (κ1) is 14.4. The summed E-state index contributed by atoms with van der Waals surface area (Å²) in [6.45, 7) is 2.83. The molecule has 17 heavy (non-hydrogen) atoms. The van der Waals surface area contributed by atoms with Crippen LogP contribution in [0.1, 0.15) is 37.9 Å². The second-order valence-electron chi connectivity index (χ2n) is 4.07. The minimum absolute atomic E-state index is 0.345. The predicted molar refractivity (Wildman–Crippen MR) is 74.8 cm³/mol. The molecule has 0 spiro atoms. The van der Waals surface area contributed by atoms with Gasteiger partial charge in [-0.3, -0.25) is 0 Å². The molecular weight excluding hydrogens is 232 g/mol. The van der Waals surface area contributed by atoms with Crippen molar-refractivity contribution in [2.75, 3.05) is 18.6 Å². The van der Waals surface area contributed by atoms with E-state index in [1.54, 1.807) is 0 Å². The van der Waals surface area contributed by atoms with Crippen LogP contribution in [0.15, 0.2) is 24.3 Å². The van der Waals surface area contributed by atoms with Crippen LogP contribution in [0, 0.1) is 0 Å². The highest BCUT2D eigenvalue weighted by molar-refractivity contribution is 7.98. The number of ether oxygens (including phenoxy) is 1. The van der Waals surface area contributed by atoms with Gasteiger partial charge < -0.3 is 9.84 Å². The molecule has 0 bridgehead atoms. The maximum atomic E-state index is 9.96. The van der Waals surface area contributed by atoms with E-state index in [2.05, 4.69) is 13.2 Å². The average Bonchev–Trinajstić information content (AvgIpc) is 2.37. The average molecular weight is 254 g/mol. The highest BCUT2D eigenvalue weighted by Crippen LogP contribution is 2.22. The van der Waals surface area contributed by atoms with Gasteiger partial charge in [-0.15, -0.1) is 0 Å². The zero-order valence-electron chi connectivity index (χ0n) is 10.7. The van der Waals surface area contributed by atoms with Crippen LogP contribution < -0.4 is 4.74 Å². The van der Waals surface area contributed by atoms with Crippen LogP contribution in [-0.2, 0) is 0 Å². The van der Waals surface area contributed by atoms with E-state index >= 15 is 0 Å². The Labute approximate surface area is 108 Å². The van der Waals surface area contributed by atoms with Crippen LogP contribution >= 0.6 is 11.8 Å². The van der Waals surface area contributed by atoms with Gasteiger partial charge in [-0.2, -0.15) is 11.8 Å². The van der Waals surface area contributed by atoms with E-state index in [0.29, 0.717) is 0 Å². The number of hydrogen-bond donors (Lipinski definition) is 1. The van der Waals surface area contributed by atoms with Gasteiger partial charge in [0, 0.05) is 0 Å². The van der Waals surface area contributed by atoms with Crippen molar-refractivity contribution in [3.8, 4) is 5.75 Å². The lowest BCUT2D eigenvalue weighted by Crippen LogP contribution is -1.99. The molecule has 0 radical (unpaired) electrons. The summed E-state index contributed by atoms with van der Waals surface area (Å²) in [5, 5.41) is 9.96. The van der Waals surface area contributed by atoms with Gasteiger partial charge in [-0.25, -0.2) is 0 Å². The fourth-order valence-corrected chi connectivity index (χ4v) is 2.05. The minimum atomic E-state index is -0.345. The van der Waals surface area contributed by atoms with Crippen LogP contribution in [0.25, 0.3) is 0 Å². The van der Waals surface area contributed by atoms with E-state index in [0.717, 1.165) is 42.9 Å². The molecule has 1 atom stereocenters. The SMILES string of the molecule is CCCOc1ccc(C(O)CCCSC)cc1. The van der Waals surface area contributed by atoms with E-state index in [1.807, 2.05) is 36.0 Å². The molecule has 0 amide bonds. The molecule has 2 nitrogen and oxygen atoms in total. The molecular formula is C14H22O2S. The second-order valence-corrected chi connectivity index (χ2v) is 5.05. The molecule has 0 fully saturated rings. The first-order valence-corrected chi connectivity index (χ1v) is 7.57. The minimum Gasteiger partial charge on any atom is -0.494 e. The molecule has 1 rings (SSSR count). The Morgan fingerprint density at radius 2 is 2.00 bits per heavy atom. The Hall–Kier alpha value is -0.670. The number of aliphatic hydroxyl groups is 1. The zero-order chi connectivity index (χ0) is 12.5. The summed E-state index contributed by atoms with van der Waals surface area (Å²) < 4.78 is 5.50. The van der Waals surface area contributed by atoms with Gasteiger partial charge in [-0.1, -0.05) is 19.1 Å². The van der Waals surface area contributed by atoms with Crippen LogP contribution in [0.3, 0.4) is 0 Å². The Morgan fingerprint density at radius 3 is 2.59 bits per heavy atom. The third kappa shape index (κ3) is 5.46. The van der Waals surface area contributed by atoms with Crippen molar-refractivity contribution in [3.63, 3.8) is 0 Å². The third-order valence-corrected chi connectivity index (χ3v) is 3.26. The maximum Gasteiger partial charge on any atom is 0.119 e. The van der Waals surface area contributed by atoms with E-state index in [4.69, 9.17) is 4.74 Å². The van der Waals surface area contributed by atoms with E-state index < -0.39 is 0 Å². The summed E-state index contributed by atoms with van der Waals surface area (Å²) in [5.74, 6) is 1.99. The number of benzene rings is 1. The molecule has 96 valence electrons. The lowest BCUT2D eigenvalue weighted by Gasteiger charge is -2.11. The smallest absolute Gasteiger partial charge is 0.119 e. The van der Waals surface area contributed by atoms with Crippen molar-refractivity contribution >= 4 is 11.8 Å². The molecule has 0 saturated carbocycles. The summed E-state index contributed by atoms with van der Waals surface area (Å²) in [7, 11) is 0. The Kier molecular flexibility index (Phi) is 7.13. The monoisotopic (exact) mass is 254 g/mol. The molecule has 1 unspecified atom stereocenters. The summed E-state index contributed by atoms with van der Waals surface area (Å²) >= 11 is 1.82. The van der Waals surface area contributed by atoms with Gasteiger partial charge in [-0.05, 0) is 49.0 Å². The summed E-state index contributed by atoms with van der Waals surface area (Å²) in [4.78, 5) is 0. The lowest BCUT2D eigenvalue weighted by molar-refractivity contribution is 0.167. The van der Waals surface area contributed by atoms with Crippen molar-refractivity contribution in [1.82, 2.24) is 0 Å². The molecule has 1 N–H and O–H groups in total. The van der Waals surface area contributed by atoms with Crippen LogP contribution in [0.5, 0.6) is 5.75 Å². The van der Waals surface area contributed by atoms with Crippen molar-refractivity contribution in [2.45, 2.75) is 32.3 Å². The standard InChI is InChI=1S/C14H22O2S/c1-3-10-16-13-8-6-12(7-9-13)14(15)5-4-11-17-2/h6-9,14-15H,3-5,10-11H2,1-2H3. The molecule has 0 saturated heterocycles. The summed E-state index contributed by atoms with van der Waals surface area (Å²) in [6, 6.07) is 7.77. The molecule has 0 aromatic heterocycles. The van der Waals surface area contributed by atoms with Gasteiger partial charge in [0.2, 0.25) is 0 Å². The quantitative estimate of drug-likeness (QED) is 0.718. The van der Waals surface area contributed by atoms with Crippen LogP contribution in [0.4, 0.5) is 0 Å². The topological polar surface area (TPSA) is 29.5 Å². The summed E-state index contributed by atoms with van der Waals surface area (Å²) in [5.41, 5.74) is 0.981. The highest BCUT2D eigenvalue weighted by Gasteiger charge is 2.06. The Balaban J connectivity index is 2.43. The van der Waals surface area contributed by atoms with Gasteiger partial charge in [0.05, 0.1) is 12.7 Å². The van der Waals surface area contributed by atoms with Crippen LogP contribution in [0.2, 0.25) is 0 Å². The normalized spacial score (nSPS) is 12.4. The molecule has 3 heteroatoms. The number of aliphatic hydroxyl groups excluding tert-OH is 1. The van der Waals surface area contributed by atoms with Gasteiger partial charge in [0.15, 0.2) is 0 Å². The van der Waals surface area contributed by atoms with E-state index in [9.17, 15) is 5.11 Å². The van der Waals surface area contributed by atoms with Gasteiger partial charge in [0.25, 0.3) is 0 Å². The Morgan fingerprint density at radius 1 is 1.29 bits per heavy atom. The van der Waals surface area contributed by atoms with Crippen LogP contribution in [-0.4, -0.2) is 23.7 Å². The molecule has 0 aliphatic heterocycles. The zero-order valence-corrected chi connectivity index (χ0v) is 11.5. The lowest BCUT2D eigenvalue weighted by atomic mass is 10.1. The molecule has 0 aliphatic carbocycles. The second kappa shape index (κ2) is 8.43. The first-order valence-electron chi connectivity index (χ1n) is 6.17. The third-order valence-electron chi connectivity index (χ3n) is 2.56. The largest absolute Gasteiger partial charge is 0.494 e. The molecule has 1 aromatic rings. The molecule has 1 aromatic carbocycles. The first-order chi connectivity index (χ1) is 8.27. The number of rotatable bonds is 8. The summed E-state index contributed by atoms with van der Waals surface area (Å²) in [6.07, 6.45) is 4.64. The highest BCUT2D eigenvalue weighted by atomic mass is 32.2. The number of hydrogen-bond acceptors (Lipinski definition) is 3. The molecule has 0 aliphatic rings. The van der Waals surface area contributed by atoms with Crippen molar-refractivity contribution in [2.24, 2.45) is 0 Å².